The van der Waals surface area contributed by atoms with E-state index in [1.807, 2.05) is 18.7 Å². The van der Waals surface area contributed by atoms with Crippen molar-refractivity contribution < 1.29 is 14.0 Å². The number of nitrogens with one attached hydrogen (secondary N) is 1. The Labute approximate surface area is 201 Å². The third-order valence-corrected chi connectivity index (χ3v) is 6.84. The highest BCUT2D eigenvalue weighted by Crippen LogP contribution is 2.30. The topological polar surface area (TPSA) is 91.0 Å². The van der Waals surface area contributed by atoms with Crippen molar-refractivity contribution in [2.45, 2.75) is 31.7 Å². The predicted molar refractivity (Wildman–Crippen MR) is 129 cm³/mol. The van der Waals surface area contributed by atoms with Gasteiger partial charge >= 0.3 is 0 Å². The van der Waals surface area contributed by atoms with Gasteiger partial charge < -0.3 is 10.2 Å². The summed E-state index contributed by atoms with van der Waals surface area (Å²) in [5.74, 6) is -0.260. The molecular formula is C25H24FN5O2S. The number of nitriles is 1. The van der Waals surface area contributed by atoms with E-state index in [0.717, 1.165) is 37.2 Å². The lowest BCUT2D eigenvalue weighted by Crippen LogP contribution is -2.27. The maximum Gasteiger partial charge on any atom is 0.255 e. The number of benzene rings is 1. The summed E-state index contributed by atoms with van der Waals surface area (Å²) < 4.78 is 15.2. The van der Waals surface area contributed by atoms with Crippen LogP contribution in [-0.2, 0) is 4.79 Å². The minimum Gasteiger partial charge on any atom is -0.339 e. The Balaban J connectivity index is 1.46. The summed E-state index contributed by atoms with van der Waals surface area (Å²) in [7, 11) is 0. The van der Waals surface area contributed by atoms with Crippen molar-refractivity contribution in [3.05, 3.63) is 70.8 Å². The van der Waals surface area contributed by atoms with E-state index in [9.17, 15) is 19.2 Å². The van der Waals surface area contributed by atoms with Crippen molar-refractivity contribution >= 4 is 29.4 Å². The summed E-state index contributed by atoms with van der Waals surface area (Å²) in [6, 6.07) is 11.5. The maximum atomic E-state index is 13.4. The molecule has 0 radical (unpaired) electrons. The summed E-state index contributed by atoms with van der Waals surface area (Å²) in [6.07, 6.45) is 3.60. The number of likely N-dealkylation sites (tertiary alicyclic amines) is 1. The Morgan fingerprint density at radius 2 is 1.85 bits per heavy atom. The maximum absolute atomic E-state index is 13.4. The third kappa shape index (κ3) is 4.82. The number of aromatic nitrogens is 2. The molecule has 4 rings (SSSR count). The summed E-state index contributed by atoms with van der Waals surface area (Å²) >= 11 is 1.24. The molecule has 2 aromatic heterocycles. The van der Waals surface area contributed by atoms with Crippen molar-refractivity contribution in [3.63, 3.8) is 0 Å². The fraction of sp³-hybridized carbons (Fsp3) is 0.280. The number of nitrogens with zero attached hydrogens (tertiary/aromatic N) is 4. The average molecular weight is 478 g/mol. The molecule has 0 bridgehead atoms. The van der Waals surface area contributed by atoms with Gasteiger partial charge in [0.05, 0.1) is 21.9 Å². The zero-order chi connectivity index (χ0) is 24.2. The first-order valence-electron chi connectivity index (χ1n) is 10.9. The largest absolute Gasteiger partial charge is 0.339 e. The number of hydrogen-bond donors (Lipinski definition) is 1. The molecule has 0 spiro atoms. The van der Waals surface area contributed by atoms with Gasteiger partial charge in [0.25, 0.3) is 5.91 Å². The molecule has 1 aliphatic heterocycles. The van der Waals surface area contributed by atoms with Crippen LogP contribution in [0.4, 0.5) is 10.2 Å². The number of thioether (sulfide) groups is 1. The van der Waals surface area contributed by atoms with Gasteiger partial charge in [-0.05, 0) is 68.7 Å². The first-order valence-corrected chi connectivity index (χ1v) is 11.9. The van der Waals surface area contributed by atoms with Gasteiger partial charge in [-0.3, -0.25) is 14.2 Å². The van der Waals surface area contributed by atoms with Crippen molar-refractivity contribution in [1.82, 2.24) is 14.5 Å². The molecule has 34 heavy (non-hydrogen) atoms. The van der Waals surface area contributed by atoms with Crippen molar-refractivity contribution in [1.29, 1.82) is 5.26 Å². The molecule has 1 fully saturated rings. The quantitative estimate of drug-likeness (QED) is 0.529. The van der Waals surface area contributed by atoms with E-state index >= 15 is 0 Å². The predicted octanol–water partition coefficient (Wildman–Crippen LogP) is 4.47. The highest BCUT2D eigenvalue weighted by atomic mass is 32.2. The number of halogens is 1. The van der Waals surface area contributed by atoms with Crippen LogP contribution in [-0.4, -0.2) is 45.1 Å². The van der Waals surface area contributed by atoms with Crippen LogP contribution < -0.4 is 5.32 Å². The van der Waals surface area contributed by atoms with E-state index in [1.165, 1.54) is 23.9 Å². The number of amides is 2. The average Bonchev–Trinajstić information content (AvgIpc) is 3.46. The molecule has 0 atom stereocenters. The van der Waals surface area contributed by atoms with Crippen LogP contribution in [0.15, 0.2) is 47.6 Å². The first kappa shape index (κ1) is 23.5. The second-order valence-corrected chi connectivity index (χ2v) is 9.07. The van der Waals surface area contributed by atoms with Crippen LogP contribution in [0.25, 0.3) is 5.69 Å². The van der Waals surface area contributed by atoms with Gasteiger partial charge in [0, 0.05) is 30.7 Å². The minimum absolute atomic E-state index is 0.0179. The van der Waals surface area contributed by atoms with Crippen LogP contribution >= 0.6 is 11.8 Å². The molecule has 0 aliphatic carbocycles. The molecule has 3 heterocycles. The lowest BCUT2D eigenvalue weighted by Gasteiger charge is -2.15. The van der Waals surface area contributed by atoms with Crippen LogP contribution in [0.1, 0.15) is 40.0 Å². The molecule has 9 heteroatoms. The Morgan fingerprint density at radius 3 is 2.47 bits per heavy atom. The van der Waals surface area contributed by atoms with Gasteiger partial charge in [-0.2, -0.15) is 5.26 Å². The third-order valence-electron chi connectivity index (χ3n) is 5.90. The molecule has 0 saturated carbocycles. The standard InChI is InChI=1S/C25H24FN5O2S/c1-16-17(2)31(20-8-6-19(26)7-9-20)24(21(16)13-27)29-22(32)15-34-23-10-5-18(14-28-23)25(33)30-11-3-4-12-30/h5-10,14H,3-4,11-12,15H2,1-2H3,(H,29,32). The smallest absolute Gasteiger partial charge is 0.255 e. The Bertz CT molecular complexity index is 1260. The summed E-state index contributed by atoms with van der Waals surface area (Å²) in [6.45, 7) is 5.21. The van der Waals surface area contributed by atoms with E-state index < -0.39 is 0 Å². The van der Waals surface area contributed by atoms with Gasteiger partial charge in [0.1, 0.15) is 17.7 Å². The van der Waals surface area contributed by atoms with Gasteiger partial charge in [-0.15, -0.1) is 0 Å². The summed E-state index contributed by atoms with van der Waals surface area (Å²) in [5, 5.41) is 13.1. The highest BCUT2D eigenvalue weighted by Gasteiger charge is 2.22. The minimum atomic E-state index is -0.367. The Morgan fingerprint density at radius 1 is 1.15 bits per heavy atom. The number of carbonyl (C=O) groups is 2. The van der Waals surface area contributed by atoms with E-state index in [1.54, 1.807) is 35.0 Å². The van der Waals surface area contributed by atoms with Crippen molar-refractivity contribution in [3.8, 4) is 11.8 Å². The SMILES string of the molecule is Cc1c(C#N)c(NC(=O)CSc2ccc(C(=O)N3CCCC3)cn2)n(-c2ccc(F)cc2)c1C. The zero-order valence-corrected chi connectivity index (χ0v) is 19.8. The molecule has 2 amide bonds. The molecule has 0 unspecified atom stereocenters. The second kappa shape index (κ2) is 10.1. The van der Waals surface area contributed by atoms with Gasteiger partial charge in [0.15, 0.2) is 0 Å². The van der Waals surface area contributed by atoms with E-state index in [2.05, 4.69) is 16.4 Å². The van der Waals surface area contributed by atoms with Crippen LogP contribution in [0.3, 0.4) is 0 Å². The Kier molecular flexibility index (Phi) is 6.98. The van der Waals surface area contributed by atoms with Gasteiger partial charge in [-0.25, -0.2) is 9.37 Å². The number of rotatable bonds is 6. The summed E-state index contributed by atoms with van der Waals surface area (Å²) in [4.78, 5) is 31.4. The lowest BCUT2D eigenvalue weighted by atomic mass is 10.2. The molecule has 7 nitrogen and oxygen atoms in total. The van der Waals surface area contributed by atoms with Crippen molar-refractivity contribution in [2.24, 2.45) is 0 Å². The number of pyridine rings is 1. The van der Waals surface area contributed by atoms with E-state index in [4.69, 9.17) is 0 Å². The first-order chi connectivity index (χ1) is 16.4. The molecular weight excluding hydrogens is 453 g/mol. The van der Waals surface area contributed by atoms with Gasteiger partial charge in [-0.1, -0.05) is 11.8 Å². The molecule has 174 valence electrons. The normalized spacial score (nSPS) is 13.1. The van der Waals surface area contributed by atoms with Crippen molar-refractivity contribution in [2.75, 3.05) is 24.2 Å². The van der Waals surface area contributed by atoms with E-state index in [-0.39, 0.29) is 23.4 Å². The fourth-order valence-electron chi connectivity index (χ4n) is 3.98. The van der Waals surface area contributed by atoms with E-state index in [0.29, 0.717) is 27.7 Å². The number of carbonyl (C=O) groups excluding carboxylic acids is 2. The monoisotopic (exact) mass is 477 g/mol. The molecule has 1 aromatic carbocycles. The lowest BCUT2D eigenvalue weighted by molar-refractivity contribution is -0.113. The Hall–Kier alpha value is -3.64. The molecule has 1 N–H and O–H groups in total. The zero-order valence-electron chi connectivity index (χ0n) is 19.0. The molecule has 1 saturated heterocycles. The molecule has 3 aromatic rings. The highest BCUT2D eigenvalue weighted by molar-refractivity contribution is 7.99. The molecule has 1 aliphatic rings. The van der Waals surface area contributed by atoms with Crippen LogP contribution in [0.5, 0.6) is 0 Å². The number of hydrogen-bond acceptors (Lipinski definition) is 5. The summed E-state index contributed by atoms with van der Waals surface area (Å²) in [5.41, 5.74) is 3.08. The van der Waals surface area contributed by atoms with Crippen LogP contribution in [0.2, 0.25) is 0 Å². The second-order valence-electron chi connectivity index (χ2n) is 8.08. The van der Waals surface area contributed by atoms with Crippen LogP contribution in [0, 0.1) is 31.0 Å². The fourth-order valence-corrected chi connectivity index (χ4v) is 4.62. The van der Waals surface area contributed by atoms with Gasteiger partial charge in [0.2, 0.25) is 5.91 Å². The number of anilines is 1.